The fourth-order valence-corrected chi connectivity index (χ4v) is 1.48. The number of nitro groups is 1. The van der Waals surface area contributed by atoms with E-state index >= 15 is 0 Å². The molecule has 0 aliphatic rings. The number of rotatable bonds is 7. The zero-order valence-corrected chi connectivity index (χ0v) is 10.5. The van der Waals surface area contributed by atoms with Crippen LogP contribution in [0.4, 0.5) is 5.69 Å². The number of nitrogens with one attached hydrogen (secondary N) is 1. The van der Waals surface area contributed by atoms with E-state index in [0.717, 1.165) is 5.56 Å². The summed E-state index contributed by atoms with van der Waals surface area (Å²) in [5.41, 5.74) is 0.778. The van der Waals surface area contributed by atoms with E-state index in [1.807, 2.05) is 0 Å². The second-order valence-electron chi connectivity index (χ2n) is 4.08. The molecule has 0 radical (unpaired) electrons. The van der Waals surface area contributed by atoms with Crippen molar-refractivity contribution in [3.05, 3.63) is 33.9 Å². The largest absolute Gasteiger partial charge is 0.487 e. The third kappa shape index (κ3) is 4.31. The lowest BCUT2D eigenvalue weighted by atomic mass is 10.2. The van der Waals surface area contributed by atoms with E-state index in [0.29, 0.717) is 13.0 Å². The monoisotopic (exact) mass is 254 g/mol. The average Bonchev–Trinajstić information content (AvgIpc) is 2.30. The molecule has 0 bridgehead atoms. The number of aliphatic hydroxyl groups excluding tert-OH is 1. The molecule has 6 heteroatoms. The molecule has 1 aromatic carbocycles. The Morgan fingerprint density at radius 1 is 1.56 bits per heavy atom. The van der Waals surface area contributed by atoms with Crippen LogP contribution in [0.15, 0.2) is 18.2 Å². The Balaban J connectivity index is 2.80. The van der Waals surface area contributed by atoms with E-state index in [1.54, 1.807) is 26.1 Å². The predicted molar refractivity (Wildman–Crippen MR) is 67.7 cm³/mol. The molecule has 0 fully saturated rings. The van der Waals surface area contributed by atoms with E-state index in [-0.39, 0.29) is 18.0 Å². The van der Waals surface area contributed by atoms with Gasteiger partial charge in [0.15, 0.2) is 5.75 Å². The zero-order chi connectivity index (χ0) is 13.5. The average molecular weight is 254 g/mol. The van der Waals surface area contributed by atoms with Gasteiger partial charge in [0.25, 0.3) is 0 Å². The van der Waals surface area contributed by atoms with Gasteiger partial charge in [-0.05, 0) is 25.6 Å². The molecule has 0 aliphatic carbocycles. The number of aliphatic hydroxyl groups is 1. The molecule has 1 unspecified atom stereocenters. The molecular formula is C12H18N2O4. The zero-order valence-electron chi connectivity index (χ0n) is 10.5. The Labute approximate surface area is 106 Å². The smallest absolute Gasteiger partial charge is 0.311 e. The maximum atomic E-state index is 10.9. The van der Waals surface area contributed by atoms with Crippen LogP contribution < -0.4 is 10.1 Å². The summed E-state index contributed by atoms with van der Waals surface area (Å²) < 4.78 is 5.32. The van der Waals surface area contributed by atoms with Crippen LogP contribution in [0.1, 0.15) is 18.9 Å². The number of benzene rings is 1. The lowest BCUT2D eigenvalue weighted by molar-refractivity contribution is -0.385. The minimum atomic E-state index is -0.479. The normalized spacial score (nSPS) is 12.2. The van der Waals surface area contributed by atoms with Gasteiger partial charge in [0.2, 0.25) is 0 Å². The third-order valence-corrected chi connectivity index (χ3v) is 2.39. The van der Waals surface area contributed by atoms with E-state index in [2.05, 4.69) is 5.32 Å². The van der Waals surface area contributed by atoms with Gasteiger partial charge >= 0.3 is 5.69 Å². The molecule has 1 rings (SSSR count). The Morgan fingerprint density at radius 3 is 2.83 bits per heavy atom. The topological polar surface area (TPSA) is 84.6 Å². The molecule has 1 atom stereocenters. The van der Waals surface area contributed by atoms with E-state index in [4.69, 9.17) is 9.84 Å². The van der Waals surface area contributed by atoms with Crippen molar-refractivity contribution >= 4 is 5.69 Å². The minimum absolute atomic E-state index is 0.0478. The van der Waals surface area contributed by atoms with E-state index < -0.39 is 11.0 Å². The van der Waals surface area contributed by atoms with Crippen LogP contribution in [0.25, 0.3) is 0 Å². The van der Waals surface area contributed by atoms with Crippen molar-refractivity contribution in [1.29, 1.82) is 0 Å². The van der Waals surface area contributed by atoms with Crippen molar-refractivity contribution in [1.82, 2.24) is 5.32 Å². The molecule has 0 aromatic heterocycles. The quantitative estimate of drug-likeness (QED) is 0.568. The van der Waals surface area contributed by atoms with Gasteiger partial charge in [0.05, 0.1) is 17.6 Å². The second kappa shape index (κ2) is 6.93. The maximum absolute atomic E-state index is 10.9. The van der Waals surface area contributed by atoms with Crippen molar-refractivity contribution in [2.24, 2.45) is 0 Å². The molecule has 0 spiro atoms. The molecule has 0 heterocycles. The first-order chi connectivity index (χ1) is 8.54. The van der Waals surface area contributed by atoms with Crippen LogP contribution >= 0.6 is 0 Å². The molecule has 2 N–H and O–H groups in total. The summed E-state index contributed by atoms with van der Waals surface area (Å²) in [5, 5.41) is 23.0. The van der Waals surface area contributed by atoms with Gasteiger partial charge in [-0.1, -0.05) is 6.07 Å². The highest BCUT2D eigenvalue weighted by atomic mass is 16.6. The Kier molecular flexibility index (Phi) is 5.54. The first-order valence-electron chi connectivity index (χ1n) is 5.77. The standard InChI is InChI=1S/C12H18N2O4/c1-9(15)5-6-18-12-4-3-10(8-13-2)7-11(12)14(16)17/h3-4,7,9,13,15H,5-6,8H2,1-2H3. The second-order valence-corrected chi connectivity index (χ2v) is 4.08. The molecule has 18 heavy (non-hydrogen) atoms. The molecule has 0 aliphatic heterocycles. The summed E-state index contributed by atoms with van der Waals surface area (Å²) in [5.74, 6) is 0.237. The predicted octanol–water partition coefficient (Wildman–Crippen LogP) is 1.46. The summed E-state index contributed by atoms with van der Waals surface area (Å²) >= 11 is 0. The lowest BCUT2D eigenvalue weighted by Gasteiger charge is -2.09. The highest BCUT2D eigenvalue weighted by Gasteiger charge is 2.15. The van der Waals surface area contributed by atoms with Gasteiger partial charge in [-0.2, -0.15) is 0 Å². The fourth-order valence-electron chi connectivity index (χ4n) is 1.48. The van der Waals surface area contributed by atoms with Crippen LogP contribution in [0.3, 0.4) is 0 Å². The molecule has 0 saturated heterocycles. The summed E-state index contributed by atoms with van der Waals surface area (Å²) in [6, 6.07) is 4.86. The van der Waals surface area contributed by atoms with Crippen LogP contribution in [0, 0.1) is 10.1 Å². The summed E-state index contributed by atoms with van der Waals surface area (Å²) in [7, 11) is 1.78. The summed E-state index contributed by atoms with van der Waals surface area (Å²) in [6.07, 6.45) is -0.0392. The lowest BCUT2D eigenvalue weighted by Crippen LogP contribution is -2.09. The highest BCUT2D eigenvalue weighted by molar-refractivity contribution is 5.48. The van der Waals surface area contributed by atoms with Crippen molar-refractivity contribution in [2.45, 2.75) is 26.0 Å². The van der Waals surface area contributed by atoms with Gasteiger partial charge in [0.1, 0.15) is 0 Å². The Morgan fingerprint density at radius 2 is 2.28 bits per heavy atom. The molecular weight excluding hydrogens is 236 g/mol. The highest BCUT2D eigenvalue weighted by Crippen LogP contribution is 2.28. The van der Waals surface area contributed by atoms with Crippen LogP contribution in [0.2, 0.25) is 0 Å². The van der Waals surface area contributed by atoms with Gasteiger partial charge in [0, 0.05) is 19.0 Å². The molecule has 6 nitrogen and oxygen atoms in total. The fraction of sp³-hybridized carbons (Fsp3) is 0.500. The van der Waals surface area contributed by atoms with Crippen LogP contribution in [-0.4, -0.2) is 29.8 Å². The van der Waals surface area contributed by atoms with Crippen molar-refractivity contribution in [3.63, 3.8) is 0 Å². The van der Waals surface area contributed by atoms with Gasteiger partial charge in [-0.3, -0.25) is 10.1 Å². The van der Waals surface area contributed by atoms with Gasteiger partial charge in [-0.25, -0.2) is 0 Å². The van der Waals surface area contributed by atoms with Gasteiger partial charge < -0.3 is 15.2 Å². The number of nitrogens with zero attached hydrogens (tertiary/aromatic N) is 1. The summed E-state index contributed by atoms with van der Waals surface area (Å²) in [4.78, 5) is 10.5. The number of hydrogen-bond donors (Lipinski definition) is 2. The minimum Gasteiger partial charge on any atom is -0.487 e. The third-order valence-electron chi connectivity index (χ3n) is 2.39. The van der Waals surface area contributed by atoms with Crippen LogP contribution in [-0.2, 0) is 6.54 Å². The van der Waals surface area contributed by atoms with Crippen molar-refractivity contribution < 1.29 is 14.8 Å². The van der Waals surface area contributed by atoms with E-state index in [9.17, 15) is 10.1 Å². The molecule has 1 aromatic rings. The van der Waals surface area contributed by atoms with E-state index in [1.165, 1.54) is 6.07 Å². The molecule has 0 saturated carbocycles. The number of ether oxygens (including phenoxy) is 1. The maximum Gasteiger partial charge on any atom is 0.311 e. The van der Waals surface area contributed by atoms with Crippen molar-refractivity contribution in [2.75, 3.05) is 13.7 Å². The Hall–Kier alpha value is -1.66. The first-order valence-corrected chi connectivity index (χ1v) is 5.77. The van der Waals surface area contributed by atoms with Crippen molar-refractivity contribution in [3.8, 4) is 5.75 Å². The SMILES string of the molecule is CNCc1ccc(OCCC(C)O)c([N+](=O)[O-])c1. The molecule has 100 valence electrons. The first kappa shape index (κ1) is 14.4. The number of hydrogen-bond acceptors (Lipinski definition) is 5. The van der Waals surface area contributed by atoms with Gasteiger partial charge in [-0.15, -0.1) is 0 Å². The Bertz CT molecular complexity index is 407. The van der Waals surface area contributed by atoms with Crippen LogP contribution in [0.5, 0.6) is 5.75 Å². The number of nitro benzene ring substituents is 1. The molecule has 0 amide bonds. The summed E-state index contributed by atoms with van der Waals surface area (Å²) in [6.45, 7) is 2.46.